The van der Waals surface area contributed by atoms with Crippen molar-refractivity contribution in [2.24, 2.45) is 0 Å². The van der Waals surface area contributed by atoms with Crippen LogP contribution in [0.2, 0.25) is 0 Å². The van der Waals surface area contributed by atoms with Crippen molar-refractivity contribution in [1.29, 1.82) is 0 Å². The van der Waals surface area contributed by atoms with E-state index in [1.165, 1.54) is 12.1 Å². The lowest BCUT2D eigenvalue weighted by molar-refractivity contribution is 0.0222. The van der Waals surface area contributed by atoms with Crippen LogP contribution in [0.5, 0.6) is 5.75 Å². The molecule has 8 nitrogen and oxygen atoms in total. The predicted molar refractivity (Wildman–Crippen MR) is 118 cm³/mol. The molecule has 2 aromatic rings. The molecule has 1 aromatic heterocycles. The molecule has 3 rings (SSSR count). The zero-order chi connectivity index (χ0) is 23.3. The Labute approximate surface area is 187 Å². The summed E-state index contributed by atoms with van der Waals surface area (Å²) in [6, 6.07) is 7.23. The number of nitrogens with one attached hydrogen (secondary N) is 2. The maximum absolute atomic E-state index is 13.2. The molecule has 0 fully saturated rings. The Balaban J connectivity index is 1.52. The highest BCUT2D eigenvalue weighted by Crippen LogP contribution is 2.22. The number of fused-ring (bicyclic) bond motifs is 1. The molecule has 1 aliphatic heterocycles. The predicted octanol–water partition coefficient (Wildman–Crippen LogP) is 4.10. The van der Waals surface area contributed by atoms with Crippen molar-refractivity contribution in [3.8, 4) is 5.75 Å². The summed E-state index contributed by atoms with van der Waals surface area (Å²) in [5.74, 6) is 0.0127. The molecule has 0 radical (unpaired) electrons. The topological polar surface area (TPSA) is 92.8 Å². The molecule has 9 heteroatoms. The van der Waals surface area contributed by atoms with E-state index in [9.17, 15) is 14.0 Å². The van der Waals surface area contributed by atoms with Gasteiger partial charge in [-0.1, -0.05) is 6.07 Å². The SMILES string of the molecule is CC(CNC(=O)Nc1cnc2c(c1)CN(C(=O)OC(C)(C)C)CC2)Oc1cccc(F)c1. The Bertz CT molecular complexity index is 977. The van der Waals surface area contributed by atoms with Gasteiger partial charge in [-0.05, 0) is 51.5 Å². The Hall–Kier alpha value is -3.36. The van der Waals surface area contributed by atoms with E-state index in [4.69, 9.17) is 9.47 Å². The zero-order valence-corrected chi connectivity index (χ0v) is 18.8. The van der Waals surface area contributed by atoms with Crippen LogP contribution < -0.4 is 15.4 Å². The van der Waals surface area contributed by atoms with Gasteiger partial charge in [0.05, 0.1) is 25.0 Å². The lowest BCUT2D eigenvalue weighted by Crippen LogP contribution is -2.40. The molecule has 1 aliphatic rings. The lowest BCUT2D eigenvalue weighted by Gasteiger charge is -2.31. The van der Waals surface area contributed by atoms with E-state index < -0.39 is 11.6 Å². The highest BCUT2D eigenvalue weighted by Gasteiger charge is 2.26. The number of benzene rings is 1. The van der Waals surface area contributed by atoms with Crippen LogP contribution in [-0.2, 0) is 17.7 Å². The molecular formula is C23H29FN4O4. The summed E-state index contributed by atoms with van der Waals surface area (Å²) in [6.45, 7) is 8.39. The Kier molecular flexibility index (Phi) is 7.17. The first kappa shape index (κ1) is 23.3. The summed E-state index contributed by atoms with van der Waals surface area (Å²) in [7, 11) is 0. The van der Waals surface area contributed by atoms with Crippen LogP contribution in [-0.4, -0.2) is 46.8 Å². The maximum Gasteiger partial charge on any atom is 0.410 e. The number of anilines is 1. The van der Waals surface area contributed by atoms with Crippen LogP contribution in [0.4, 0.5) is 19.7 Å². The first-order chi connectivity index (χ1) is 15.1. The van der Waals surface area contributed by atoms with Gasteiger partial charge in [0.1, 0.15) is 23.3 Å². The van der Waals surface area contributed by atoms with Gasteiger partial charge in [-0.25, -0.2) is 14.0 Å². The number of nitrogens with zero attached hydrogens (tertiary/aromatic N) is 2. The number of urea groups is 1. The van der Waals surface area contributed by atoms with Crippen LogP contribution in [0.3, 0.4) is 0 Å². The van der Waals surface area contributed by atoms with E-state index in [1.54, 1.807) is 30.2 Å². The van der Waals surface area contributed by atoms with Gasteiger partial charge in [-0.2, -0.15) is 0 Å². The summed E-state index contributed by atoms with van der Waals surface area (Å²) < 4.78 is 24.3. The molecule has 2 heterocycles. The Morgan fingerprint density at radius 2 is 2.06 bits per heavy atom. The summed E-state index contributed by atoms with van der Waals surface area (Å²) in [4.78, 5) is 30.7. The number of hydrogen-bond acceptors (Lipinski definition) is 5. The average Bonchev–Trinajstić information content (AvgIpc) is 2.70. The van der Waals surface area contributed by atoms with Crippen molar-refractivity contribution in [2.45, 2.75) is 52.4 Å². The first-order valence-electron chi connectivity index (χ1n) is 10.5. The second-order valence-corrected chi connectivity index (χ2v) is 8.70. The number of halogens is 1. The molecule has 0 aliphatic carbocycles. The molecule has 172 valence electrons. The van der Waals surface area contributed by atoms with Crippen molar-refractivity contribution in [2.75, 3.05) is 18.4 Å². The molecular weight excluding hydrogens is 415 g/mol. The van der Waals surface area contributed by atoms with E-state index in [1.807, 2.05) is 26.8 Å². The van der Waals surface area contributed by atoms with Gasteiger partial charge in [0.25, 0.3) is 0 Å². The average molecular weight is 445 g/mol. The third-order valence-corrected chi connectivity index (χ3v) is 4.63. The van der Waals surface area contributed by atoms with Crippen LogP contribution >= 0.6 is 0 Å². The number of amides is 3. The van der Waals surface area contributed by atoms with Crippen LogP contribution in [0.1, 0.15) is 39.0 Å². The van der Waals surface area contributed by atoms with Gasteiger partial charge >= 0.3 is 12.1 Å². The third kappa shape index (κ3) is 6.83. The van der Waals surface area contributed by atoms with Gasteiger partial charge in [0, 0.05) is 24.7 Å². The molecule has 0 bridgehead atoms. The van der Waals surface area contributed by atoms with Gasteiger partial charge in [-0.15, -0.1) is 0 Å². The van der Waals surface area contributed by atoms with E-state index >= 15 is 0 Å². The van der Waals surface area contributed by atoms with E-state index in [-0.39, 0.29) is 24.6 Å². The number of ether oxygens (including phenoxy) is 2. The molecule has 0 saturated heterocycles. The molecule has 3 amide bonds. The standard InChI is InChI=1S/C23H29FN4O4/c1-15(31-19-7-5-6-17(24)11-19)12-26-21(29)27-18-10-16-14-28(9-8-20(16)25-13-18)22(30)32-23(2,3)4/h5-7,10-11,13,15H,8-9,12,14H2,1-4H3,(H2,26,27,29). The minimum Gasteiger partial charge on any atom is -0.489 e. The fourth-order valence-corrected chi connectivity index (χ4v) is 3.20. The third-order valence-electron chi connectivity index (χ3n) is 4.63. The van der Waals surface area contributed by atoms with E-state index in [2.05, 4.69) is 15.6 Å². The number of carbonyl (C=O) groups is 2. The molecule has 32 heavy (non-hydrogen) atoms. The normalized spacial score (nSPS) is 14.2. The monoisotopic (exact) mass is 444 g/mol. The fourth-order valence-electron chi connectivity index (χ4n) is 3.20. The first-order valence-corrected chi connectivity index (χ1v) is 10.5. The van der Waals surface area contributed by atoms with Crippen molar-refractivity contribution < 1.29 is 23.5 Å². The van der Waals surface area contributed by atoms with Gasteiger partial charge in [-0.3, -0.25) is 4.98 Å². The fraction of sp³-hybridized carbons (Fsp3) is 0.435. The lowest BCUT2D eigenvalue weighted by atomic mass is 10.1. The van der Waals surface area contributed by atoms with Crippen molar-refractivity contribution in [3.05, 3.63) is 53.6 Å². The summed E-state index contributed by atoms with van der Waals surface area (Å²) in [6.07, 6.45) is 1.49. The van der Waals surface area contributed by atoms with Crippen LogP contribution in [0, 0.1) is 5.82 Å². The molecule has 2 N–H and O–H groups in total. The number of carbonyl (C=O) groups excluding carboxylic acids is 2. The summed E-state index contributed by atoms with van der Waals surface area (Å²) >= 11 is 0. The Morgan fingerprint density at radius 3 is 2.78 bits per heavy atom. The van der Waals surface area contributed by atoms with Gasteiger partial charge < -0.3 is 25.0 Å². The highest BCUT2D eigenvalue weighted by molar-refractivity contribution is 5.89. The van der Waals surface area contributed by atoms with Gasteiger partial charge in [0.2, 0.25) is 0 Å². The van der Waals surface area contributed by atoms with Crippen molar-refractivity contribution in [3.63, 3.8) is 0 Å². The molecule has 0 spiro atoms. The minimum absolute atomic E-state index is 0.229. The minimum atomic E-state index is -0.563. The summed E-state index contributed by atoms with van der Waals surface area (Å²) in [5.41, 5.74) is 1.72. The number of aromatic nitrogens is 1. The van der Waals surface area contributed by atoms with Crippen molar-refractivity contribution >= 4 is 17.8 Å². The molecule has 1 aromatic carbocycles. The molecule has 1 unspecified atom stereocenters. The number of rotatable bonds is 5. The largest absolute Gasteiger partial charge is 0.489 e. The smallest absolute Gasteiger partial charge is 0.410 e. The zero-order valence-electron chi connectivity index (χ0n) is 18.8. The van der Waals surface area contributed by atoms with Crippen molar-refractivity contribution in [1.82, 2.24) is 15.2 Å². The maximum atomic E-state index is 13.2. The number of hydrogen-bond donors (Lipinski definition) is 2. The van der Waals surface area contributed by atoms with Gasteiger partial charge in [0.15, 0.2) is 0 Å². The quantitative estimate of drug-likeness (QED) is 0.724. The molecule has 1 atom stereocenters. The molecule has 0 saturated carbocycles. The highest BCUT2D eigenvalue weighted by atomic mass is 19.1. The van der Waals surface area contributed by atoms with Crippen LogP contribution in [0.25, 0.3) is 0 Å². The second kappa shape index (κ2) is 9.84. The van der Waals surface area contributed by atoms with E-state index in [0.717, 1.165) is 11.3 Å². The number of pyridine rings is 1. The summed E-state index contributed by atoms with van der Waals surface area (Å²) in [5, 5.41) is 5.46. The van der Waals surface area contributed by atoms with Crippen LogP contribution in [0.15, 0.2) is 36.5 Å². The van der Waals surface area contributed by atoms with E-state index in [0.29, 0.717) is 30.9 Å². The Morgan fingerprint density at radius 1 is 1.28 bits per heavy atom. The second-order valence-electron chi connectivity index (χ2n) is 8.70.